The first-order valence-electron chi connectivity index (χ1n) is 6.44. The number of pyridine rings is 1. The van der Waals surface area contributed by atoms with Crippen LogP contribution in [0.5, 0.6) is 0 Å². The van der Waals surface area contributed by atoms with Gasteiger partial charge in [-0.15, -0.1) is 0 Å². The zero-order chi connectivity index (χ0) is 13.2. The van der Waals surface area contributed by atoms with Crippen molar-refractivity contribution in [2.75, 3.05) is 12.9 Å². The number of ether oxygens (including phenoxy) is 1. The number of methoxy groups -OCH3 is 1. The Bertz CT molecular complexity index is 603. The molecule has 0 N–H and O–H groups in total. The third kappa shape index (κ3) is 2.47. The normalized spacial score (nSPS) is 18.9. The minimum absolute atomic E-state index is 0.335. The number of carbonyl (C=O) groups excluding carboxylic acids is 1. The second-order valence-electron chi connectivity index (χ2n) is 4.72. The van der Waals surface area contributed by atoms with Gasteiger partial charge in [-0.3, -0.25) is 0 Å². The predicted octanol–water partition coefficient (Wildman–Crippen LogP) is 2.56. The van der Waals surface area contributed by atoms with Gasteiger partial charge >= 0.3 is 5.97 Å². The third-order valence-corrected chi connectivity index (χ3v) is 4.80. The zero-order valence-electron chi connectivity index (χ0n) is 10.8. The molecule has 19 heavy (non-hydrogen) atoms. The number of fused-ring (bicyclic) bond motifs is 1. The van der Waals surface area contributed by atoms with Gasteiger partial charge < -0.3 is 9.14 Å². The largest absolute Gasteiger partial charge is 0.465 e. The van der Waals surface area contributed by atoms with Crippen LogP contribution in [0.1, 0.15) is 28.9 Å². The Kier molecular flexibility index (Phi) is 3.46. The van der Waals surface area contributed by atoms with Crippen molar-refractivity contribution >= 4 is 23.4 Å². The number of thioether (sulfide) groups is 1. The first-order chi connectivity index (χ1) is 9.28. The van der Waals surface area contributed by atoms with Crippen LogP contribution < -0.4 is 0 Å². The summed E-state index contributed by atoms with van der Waals surface area (Å²) >= 11 is 2.02. The molecule has 2 aromatic rings. The molecule has 0 bridgehead atoms. The molecule has 1 saturated heterocycles. The molecule has 4 nitrogen and oxygen atoms in total. The van der Waals surface area contributed by atoms with E-state index in [1.165, 1.54) is 25.7 Å². The van der Waals surface area contributed by atoms with Gasteiger partial charge in [0.15, 0.2) is 5.65 Å². The molecular formula is C14H16N2O2S. The highest BCUT2D eigenvalue weighted by Crippen LogP contribution is 2.29. The van der Waals surface area contributed by atoms with Crippen LogP contribution >= 0.6 is 11.8 Å². The first kappa shape index (κ1) is 12.5. The molecule has 5 heteroatoms. The van der Waals surface area contributed by atoms with E-state index in [9.17, 15) is 4.79 Å². The van der Waals surface area contributed by atoms with Crippen molar-refractivity contribution in [1.29, 1.82) is 0 Å². The second-order valence-corrected chi connectivity index (χ2v) is 6.12. The highest BCUT2D eigenvalue weighted by atomic mass is 32.2. The van der Waals surface area contributed by atoms with E-state index in [0.717, 1.165) is 12.1 Å². The number of rotatable bonds is 3. The fourth-order valence-electron chi connectivity index (χ4n) is 2.47. The Balaban J connectivity index is 1.93. The monoisotopic (exact) mass is 276 g/mol. The molecule has 100 valence electrons. The number of hydrogen-bond acceptors (Lipinski definition) is 4. The van der Waals surface area contributed by atoms with E-state index < -0.39 is 0 Å². The minimum Gasteiger partial charge on any atom is -0.465 e. The van der Waals surface area contributed by atoms with Crippen LogP contribution in [-0.4, -0.2) is 33.5 Å². The van der Waals surface area contributed by atoms with Crippen molar-refractivity contribution in [2.24, 2.45) is 0 Å². The van der Waals surface area contributed by atoms with Gasteiger partial charge in [-0.05, 0) is 30.7 Å². The van der Waals surface area contributed by atoms with Crippen LogP contribution in [0.4, 0.5) is 0 Å². The van der Waals surface area contributed by atoms with Crippen molar-refractivity contribution in [3.05, 3.63) is 35.8 Å². The Morgan fingerprint density at radius 2 is 2.53 bits per heavy atom. The molecule has 0 radical (unpaired) electrons. The molecule has 0 saturated carbocycles. The Morgan fingerprint density at radius 1 is 1.63 bits per heavy atom. The lowest BCUT2D eigenvalue weighted by atomic mass is 10.2. The first-order valence-corrected chi connectivity index (χ1v) is 7.49. The summed E-state index contributed by atoms with van der Waals surface area (Å²) in [6.45, 7) is 0. The van der Waals surface area contributed by atoms with E-state index in [1.54, 1.807) is 6.07 Å². The fourth-order valence-corrected chi connectivity index (χ4v) is 3.76. The number of hydrogen-bond donors (Lipinski definition) is 0. The molecule has 1 fully saturated rings. The molecule has 1 aliphatic rings. The standard InChI is InChI=1S/C14H16N2O2S/c1-18-14(17)12-5-2-6-16-9-10(15-13(12)16)8-11-4-3-7-19-11/h2,5-6,9,11H,3-4,7-8H2,1H3. The molecule has 1 atom stereocenters. The van der Waals surface area contributed by atoms with Crippen LogP contribution in [0.25, 0.3) is 5.65 Å². The summed E-state index contributed by atoms with van der Waals surface area (Å²) in [4.78, 5) is 16.3. The van der Waals surface area contributed by atoms with Crippen molar-refractivity contribution < 1.29 is 9.53 Å². The summed E-state index contributed by atoms with van der Waals surface area (Å²) in [5.74, 6) is 0.920. The van der Waals surface area contributed by atoms with Crippen molar-refractivity contribution in [1.82, 2.24) is 9.38 Å². The van der Waals surface area contributed by atoms with Crippen molar-refractivity contribution in [3.8, 4) is 0 Å². The second kappa shape index (κ2) is 5.25. The highest BCUT2D eigenvalue weighted by Gasteiger charge is 2.19. The third-order valence-electron chi connectivity index (χ3n) is 3.40. The van der Waals surface area contributed by atoms with E-state index >= 15 is 0 Å². The SMILES string of the molecule is COC(=O)c1cccn2cc(CC3CCCS3)nc12. The number of esters is 1. The topological polar surface area (TPSA) is 43.6 Å². The molecule has 3 rings (SSSR count). The van der Waals surface area contributed by atoms with Crippen LogP contribution in [0, 0.1) is 0 Å². The van der Waals surface area contributed by atoms with Gasteiger partial charge in [0.2, 0.25) is 0 Å². The molecule has 0 amide bonds. The molecule has 1 unspecified atom stereocenters. The maximum absolute atomic E-state index is 11.7. The van der Waals surface area contributed by atoms with Crippen molar-refractivity contribution in [2.45, 2.75) is 24.5 Å². The van der Waals surface area contributed by atoms with Crippen molar-refractivity contribution in [3.63, 3.8) is 0 Å². The maximum atomic E-state index is 11.7. The van der Waals surface area contributed by atoms with Gasteiger partial charge in [-0.25, -0.2) is 9.78 Å². The van der Waals surface area contributed by atoms with Crippen LogP contribution in [0.3, 0.4) is 0 Å². The predicted molar refractivity (Wildman–Crippen MR) is 75.7 cm³/mol. The van der Waals surface area contributed by atoms with E-state index in [2.05, 4.69) is 4.98 Å². The zero-order valence-corrected chi connectivity index (χ0v) is 11.7. The van der Waals surface area contributed by atoms with Crippen LogP contribution in [0.2, 0.25) is 0 Å². The maximum Gasteiger partial charge on any atom is 0.341 e. The average Bonchev–Trinajstić information content (AvgIpc) is 3.06. The fraction of sp³-hybridized carbons (Fsp3) is 0.429. The van der Waals surface area contributed by atoms with Gasteiger partial charge in [0, 0.05) is 24.1 Å². The molecule has 2 aromatic heterocycles. The molecule has 3 heterocycles. The van der Waals surface area contributed by atoms with E-state index in [0.29, 0.717) is 16.5 Å². The number of aromatic nitrogens is 2. The van der Waals surface area contributed by atoms with Gasteiger partial charge in [-0.1, -0.05) is 0 Å². The van der Waals surface area contributed by atoms with Crippen LogP contribution in [0.15, 0.2) is 24.5 Å². The summed E-state index contributed by atoms with van der Waals surface area (Å²) in [6, 6.07) is 3.59. The van der Waals surface area contributed by atoms with Crippen LogP contribution in [-0.2, 0) is 11.2 Å². The molecule has 0 spiro atoms. The Labute approximate surface area is 116 Å². The quantitative estimate of drug-likeness (QED) is 0.808. The van der Waals surface area contributed by atoms with E-state index in [4.69, 9.17) is 4.74 Å². The molecule has 0 aliphatic carbocycles. The molecular weight excluding hydrogens is 260 g/mol. The Morgan fingerprint density at radius 3 is 3.26 bits per heavy atom. The number of carbonyl (C=O) groups is 1. The molecule has 1 aliphatic heterocycles. The van der Waals surface area contributed by atoms with E-state index in [-0.39, 0.29) is 5.97 Å². The van der Waals surface area contributed by atoms with Gasteiger partial charge in [0.25, 0.3) is 0 Å². The summed E-state index contributed by atoms with van der Waals surface area (Å²) < 4.78 is 6.69. The smallest absolute Gasteiger partial charge is 0.341 e. The number of imidazole rings is 1. The highest BCUT2D eigenvalue weighted by molar-refractivity contribution is 8.00. The summed E-state index contributed by atoms with van der Waals surface area (Å²) in [6.07, 6.45) is 7.48. The van der Waals surface area contributed by atoms with E-state index in [1.807, 2.05) is 34.6 Å². The van der Waals surface area contributed by atoms with Gasteiger partial charge in [0.05, 0.1) is 12.8 Å². The van der Waals surface area contributed by atoms with Gasteiger partial charge in [0.1, 0.15) is 5.56 Å². The Hall–Kier alpha value is -1.49. The summed E-state index contributed by atoms with van der Waals surface area (Å²) in [5, 5.41) is 0.673. The average molecular weight is 276 g/mol. The lowest BCUT2D eigenvalue weighted by Gasteiger charge is -2.03. The summed E-state index contributed by atoms with van der Waals surface area (Å²) in [7, 11) is 1.39. The van der Waals surface area contributed by atoms with Gasteiger partial charge in [-0.2, -0.15) is 11.8 Å². The summed E-state index contributed by atoms with van der Waals surface area (Å²) in [5.41, 5.74) is 2.26. The molecule has 0 aromatic carbocycles. The number of nitrogens with zero attached hydrogens (tertiary/aromatic N) is 2. The lowest BCUT2D eigenvalue weighted by Crippen LogP contribution is -2.04. The minimum atomic E-state index is -0.335. The lowest BCUT2D eigenvalue weighted by molar-refractivity contribution is 0.0602.